The average molecular weight is 530 g/mol. The van der Waals surface area contributed by atoms with E-state index in [2.05, 4.69) is 5.32 Å². The predicted molar refractivity (Wildman–Crippen MR) is 129 cm³/mol. The maximum absolute atomic E-state index is 15.9. The number of likely N-dealkylation sites (N-methyl/N-ethyl adjacent to an activating group) is 2. The predicted octanol–water partition coefficient (Wildman–Crippen LogP) is -1.16. The van der Waals surface area contributed by atoms with Gasteiger partial charge in [0.1, 0.15) is 11.7 Å². The lowest BCUT2D eigenvalue weighted by atomic mass is 9.52. The number of carbonyl (C=O) groups excluding carboxylic acids is 5. The van der Waals surface area contributed by atoms with Crippen molar-refractivity contribution in [1.82, 2.24) is 9.80 Å². The Hall–Kier alpha value is -3.55. The van der Waals surface area contributed by atoms with Crippen LogP contribution in [-0.4, -0.2) is 94.2 Å². The summed E-state index contributed by atoms with van der Waals surface area (Å²) >= 11 is 0. The van der Waals surface area contributed by atoms with Gasteiger partial charge in [-0.1, -0.05) is 0 Å². The van der Waals surface area contributed by atoms with Crippen LogP contribution in [0, 0.1) is 34.9 Å². The number of aliphatic hydroxyl groups is 1. The van der Waals surface area contributed by atoms with E-state index in [-0.39, 0.29) is 42.7 Å². The third kappa shape index (κ3) is 3.31. The summed E-state index contributed by atoms with van der Waals surface area (Å²) in [5.74, 6) is -11.4. The fourth-order valence-corrected chi connectivity index (χ4v) is 6.84. The lowest BCUT2D eigenvalue weighted by Crippen LogP contribution is -2.73. The number of halogens is 1. The van der Waals surface area contributed by atoms with E-state index >= 15 is 4.39 Å². The molecule has 1 aromatic rings. The Bertz CT molecular complexity index is 1360. The lowest BCUT2D eigenvalue weighted by Gasteiger charge is -2.53. The zero-order valence-electron chi connectivity index (χ0n) is 21.0. The number of primary amides is 1. The summed E-state index contributed by atoms with van der Waals surface area (Å²) in [4.78, 5) is 68.1. The van der Waals surface area contributed by atoms with Crippen LogP contribution in [0.15, 0.2) is 0 Å². The number of nitrogens with one attached hydrogen (secondary N) is 2. The van der Waals surface area contributed by atoms with Crippen LogP contribution in [0.1, 0.15) is 27.9 Å². The minimum Gasteiger partial charge on any atom is -0.505 e. The molecule has 6 atom stereocenters. The van der Waals surface area contributed by atoms with Crippen molar-refractivity contribution in [2.75, 3.05) is 33.0 Å². The number of phenolic OH excluding ortho intramolecular Hbond substituents is 1. The Kier molecular flexibility index (Phi) is 5.82. The molecule has 6 unspecified atom stereocenters. The number of anilines is 1. The van der Waals surface area contributed by atoms with Crippen LogP contribution in [0.4, 0.5) is 10.1 Å². The van der Waals surface area contributed by atoms with Gasteiger partial charge in [-0.2, -0.15) is 0 Å². The number of ketones is 3. The molecule has 0 saturated heterocycles. The standard InChI is InChI=1S/C25H28FN5O7/c1-30(2)18-11-5-8-4-9-14(20(34)17-10(16(9)26)6-31(3)7-12(32)29-17)19(33)13(8)23(36)25(11,38)22(27)15(21(18)35)24(28)37/h8,11,13,15,18,27,34,38H,4-7H2,1-3H3,(H2,28,37)(H,29,32). The molecule has 1 aliphatic heterocycles. The lowest BCUT2D eigenvalue weighted by molar-refractivity contribution is -0.157. The second kappa shape index (κ2) is 8.48. The topological polar surface area (TPSA) is 194 Å². The average Bonchev–Trinajstić information content (AvgIpc) is 2.96. The monoisotopic (exact) mass is 529 g/mol. The van der Waals surface area contributed by atoms with E-state index in [0.29, 0.717) is 0 Å². The van der Waals surface area contributed by atoms with E-state index in [1.54, 1.807) is 11.9 Å². The van der Waals surface area contributed by atoms with Gasteiger partial charge in [-0.25, -0.2) is 4.39 Å². The molecule has 0 aromatic heterocycles. The largest absolute Gasteiger partial charge is 0.505 e. The second-order valence-corrected chi connectivity index (χ2v) is 10.9. The van der Waals surface area contributed by atoms with Gasteiger partial charge < -0.3 is 26.7 Å². The first kappa shape index (κ1) is 26.1. The molecular weight excluding hydrogens is 501 g/mol. The molecule has 5 rings (SSSR count). The molecule has 202 valence electrons. The first-order valence-electron chi connectivity index (χ1n) is 12.2. The van der Waals surface area contributed by atoms with Crippen LogP contribution < -0.4 is 11.1 Å². The molecule has 1 aromatic carbocycles. The molecule has 2 fully saturated rings. The number of rotatable bonds is 2. The van der Waals surface area contributed by atoms with Crippen LogP contribution in [0.3, 0.4) is 0 Å². The molecule has 1 heterocycles. The van der Waals surface area contributed by atoms with Crippen molar-refractivity contribution in [1.29, 1.82) is 5.41 Å². The molecule has 6 N–H and O–H groups in total. The first-order valence-corrected chi connectivity index (χ1v) is 12.2. The van der Waals surface area contributed by atoms with Crippen molar-refractivity contribution in [3.8, 4) is 5.75 Å². The van der Waals surface area contributed by atoms with Crippen LogP contribution in [0.2, 0.25) is 0 Å². The molecule has 0 spiro atoms. The minimum absolute atomic E-state index is 0.00424. The molecule has 0 radical (unpaired) electrons. The summed E-state index contributed by atoms with van der Waals surface area (Å²) < 4.78 is 15.9. The zero-order chi connectivity index (χ0) is 28.0. The quantitative estimate of drug-likeness (QED) is 0.232. The fraction of sp³-hybridized carbons (Fsp3) is 0.520. The fourth-order valence-electron chi connectivity index (χ4n) is 6.84. The van der Waals surface area contributed by atoms with Crippen molar-refractivity contribution >= 4 is 40.6 Å². The van der Waals surface area contributed by atoms with E-state index in [4.69, 9.17) is 11.1 Å². The van der Waals surface area contributed by atoms with Gasteiger partial charge in [-0.3, -0.25) is 33.8 Å². The summed E-state index contributed by atoms with van der Waals surface area (Å²) in [5.41, 5.74) is 1.03. The summed E-state index contributed by atoms with van der Waals surface area (Å²) in [7, 11) is 4.64. The Labute approximate surface area is 216 Å². The SMILES string of the molecule is CN1CC(=O)Nc2c(O)c3c(c(F)c2C1)CC1CC2C(N(C)C)C(=O)C(C(N)=O)C(=N)C2(O)C(=O)C1C3=O. The van der Waals surface area contributed by atoms with Gasteiger partial charge in [0, 0.05) is 23.6 Å². The van der Waals surface area contributed by atoms with Crippen LogP contribution in [0.5, 0.6) is 5.75 Å². The summed E-state index contributed by atoms with van der Waals surface area (Å²) in [6.07, 6.45) is -0.260. The highest BCUT2D eigenvalue weighted by atomic mass is 19.1. The van der Waals surface area contributed by atoms with Crippen molar-refractivity contribution in [3.63, 3.8) is 0 Å². The van der Waals surface area contributed by atoms with Gasteiger partial charge in [0.15, 0.2) is 28.7 Å². The number of hydrogen-bond donors (Lipinski definition) is 5. The van der Waals surface area contributed by atoms with Crippen molar-refractivity contribution in [2.24, 2.45) is 29.4 Å². The Morgan fingerprint density at radius 1 is 1.21 bits per heavy atom. The van der Waals surface area contributed by atoms with E-state index < -0.39 is 87.3 Å². The van der Waals surface area contributed by atoms with Gasteiger partial charge in [0.05, 0.1) is 35.5 Å². The van der Waals surface area contributed by atoms with Crippen LogP contribution >= 0.6 is 0 Å². The number of nitrogens with zero attached hydrogens (tertiary/aromatic N) is 2. The Balaban J connectivity index is 1.67. The minimum atomic E-state index is -2.65. The highest BCUT2D eigenvalue weighted by Crippen LogP contribution is 2.52. The van der Waals surface area contributed by atoms with Gasteiger partial charge in [-0.15, -0.1) is 0 Å². The number of carbonyl (C=O) groups is 5. The molecule has 2 amide bonds. The number of amides is 2. The van der Waals surface area contributed by atoms with Crippen molar-refractivity contribution in [2.45, 2.75) is 31.0 Å². The van der Waals surface area contributed by atoms with Gasteiger partial charge >= 0.3 is 0 Å². The number of Topliss-reactive ketones (excluding diaryl/α,β-unsaturated/α-hetero) is 3. The van der Waals surface area contributed by atoms with Crippen molar-refractivity contribution in [3.05, 3.63) is 22.5 Å². The molecule has 13 heteroatoms. The summed E-state index contributed by atoms with van der Waals surface area (Å²) in [5, 5.41) is 33.7. The highest BCUT2D eigenvalue weighted by Gasteiger charge is 2.67. The maximum Gasteiger partial charge on any atom is 0.238 e. The highest BCUT2D eigenvalue weighted by molar-refractivity contribution is 6.33. The van der Waals surface area contributed by atoms with Gasteiger partial charge in [0.25, 0.3) is 0 Å². The smallest absolute Gasteiger partial charge is 0.238 e. The number of phenols is 1. The third-order valence-corrected chi connectivity index (χ3v) is 8.43. The Morgan fingerprint density at radius 3 is 2.47 bits per heavy atom. The molecular formula is C25H28FN5O7. The van der Waals surface area contributed by atoms with Gasteiger partial charge in [0.2, 0.25) is 11.8 Å². The molecule has 3 aliphatic carbocycles. The van der Waals surface area contributed by atoms with Crippen molar-refractivity contribution < 1.29 is 38.6 Å². The maximum atomic E-state index is 15.9. The van der Waals surface area contributed by atoms with E-state index in [9.17, 15) is 34.2 Å². The van der Waals surface area contributed by atoms with E-state index in [1.807, 2.05) is 0 Å². The van der Waals surface area contributed by atoms with Gasteiger partial charge in [-0.05, 0) is 39.9 Å². The second-order valence-electron chi connectivity index (χ2n) is 10.9. The van der Waals surface area contributed by atoms with E-state index in [0.717, 1.165) is 0 Å². The molecule has 12 nitrogen and oxygen atoms in total. The van der Waals surface area contributed by atoms with Crippen LogP contribution in [-0.2, 0) is 32.1 Å². The number of hydrogen-bond acceptors (Lipinski definition) is 10. The molecule has 0 bridgehead atoms. The molecule has 2 saturated carbocycles. The number of benzene rings is 1. The van der Waals surface area contributed by atoms with E-state index in [1.165, 1.54) is 19.0 Å². The number of aromatic hydroxyl groups is 1. The molecule has 38 heavy (non-hydrogen) atoms. The Morgan fingerprint density at radius 2 is 1.87 bits per heavy atom. The third-order valence-electron chi connectivity index (χ3n) is 8.43. The summed E-state index contributed by atoms with van der Waals surface area (Å²) in [6.45, 7) is -0.0963. The van der Waals surface area contributed by atoms with Crippen LogP contribution in [0.25, 0.3) is 0 Å². The first-order chi connectivity index (χ1) is 17.7. The zero-order valence-corrected chi connectivity index (χ0v) is 21.0. The normalized spacial score (nSPS) is 33.2. The number of fused-ring (bicyclic) bond motifs is 4. The molecule has 4 aliphatic rings. The number of nitrogens with two attached hydrogens (primary N) is 1. The summed E-state index contributed by atoms with van der Waals surface area (Å²) in [6, 6.07) is -1.16.